The van der Waals surface area contributed by atoms with E-state index in [-0.39, 0.29) is 0 Å². The summed E-state index contributed by atoms with van der Waals surface area (Å²) in [5.74, 6) is 0. The molecule has 5 nitrogen and oxygen atoms in total. The van der Waals surface area contributed by atoms with Gasteiger partial charge in [0.05, 0.1) is 12.9 Å². The molecule has 0 aromatic rings. The zero-order chi connectivity index (χ0) is 14.7. The molecule has 0 aliphatic carbocycles. The van der Waals surface area contributed by atoms with Crippen LogP contribution in [-0.2, 0) is 9.09 Å². The van der Waals surface area contributed by atoms with E-state index in [1.54, 1.807) is 0 Å². The Bertz CT molecular complexity index is 278. The van der Waals surface area contributed by atoms with Crippen LogP contribution < -0.4 is 10.6 Å². The van der Waals surface area contributed by atoms with Gasteiger partial charge in [-0.3, -0.25) is 9.46 Å². The maximum absolute atomic E-state index is 12.6. The quantitative estimate of drug-likeness (QED) is 0.760. The molecule has 20 heavy (non-hydrogen) atoms. The van der Waals surface area contributed by atoms with Crippen LogP contribution in [0.15, 0.2) is 0 Å². The van der Waals surface area contributed by atoms with E-state index in [0.717, 1.165) is 52.1 Å². The van der Waals surface area contributed by atoms with Crippen molar-refractivity contribution in [2.45, 2.75) is 33.1 Å². The maximum atomic E-state index is 12.6. The molecule has 2 N–H and O–H groups in total. The van der Waals surface area contributed by atoms with Gasteiger partial charge in [-0.15, -0.1) is 0 Å². The molecule has 1 aliphatic heterocycles. The van der Waals surface area contributed by atoms with Crippen molar-refractivity contribution in [1.29, 1.82) is 0 Å². The first-order valence-corrected chi connectivity index (χ1v) is 10.1. The number of hydrogen-bond acceptors (Lipinski definition) is 5. The van der Waals surface area contributed by atoms with E-state index in [2.05, 4.69) is 15.5 Å². The summed E-state index contributed by atoms with van der Waals surface area (Å²) in [4.78, 5) is 2.32. The predicted molar refractivity (Wildman–Crippen MR) is 85.8 cm³/mol. The first kappa shape index (κ1) is 18.1. The second kappa shape index (κ2) is 10.7. The minimum atomic E-state index is -2.46. The first-order chi connectivity index (χ1) is 9.70. The molecular weight excluding hydrogens is 273 g/mol. The Kier molecular flexibility index (Phi) is 9.74. The second-order valence-corrected chi connectivity index (χ2v) is 8.17. The largest absolute Gasteiger partial charge is 0.328 e. The maximum Gasteiger partial charge on any atom is 0.216 e. The standard InChI is InChI=1S/C14H32N3O2P/c1-3-19-20(18,4-2)14-17-12-6-10-15-8-5-9-16-11-7-13-17/h15-16H,3-14H2,1-2H3. The third kappa shape index (κ3) is 7.75. The average Bonchev–Trinajstić information content (AvgIpc) is 2.42. The monoisotopic (exact) mass is 305 g/mol. The zero-order valence-corrected chi connectivity index (χ0v) is 14.1. The lowest BCUT2D eigenvalue weighted by atomic mass is 10.3. The van der Waals surface area contributed by atoms with Crippen molar-refractivity contribution < 1.29 is 9.09 Å². The fourth-order valence-electron chi connectivity index (χ4n) is 2.47. The Morgan fingerprint density at radius 3 is 2.05 bits per heavy atom. The van der Waals surface area contributed by atoms with Crippen molar-refractivity contribution in [3.8, 4) is 0 Å². The minimum absolute atomic E-state index is 0.544. The second-order valence-electron chi connectivity index (χ2n) is 5.37. The van der Waals surface area contributed by atoms with E-state index < -0.39 is 7.37 Å². The van der Waals surface area contributed by atoms with Gasteiger partial charge in [0, 0.05) is 6.16 Å². The summed E-state index contributed by atoms with van der Waals surface area (Å²) in [7, 11) is -2.46. The first-order valence-electron chi connectivity index (χ1n) is 8.06. The van der Waals surface area contributed by atoms with Gasteiger partial charge in [0.25, 0.3) is 0 Å². The van der Waals surface area contributed by atoms with Crippen molar-refractivity contribution in [2.75, 3.05) is 58.3 Å². The van der Waals surface area contributed by atoms with Crippen LogP contribution in [0, 0.1) is 0 Å². The minimum Gasteiger partial charge on any atom is -0.328 e. The normalized spacial score (nSPS) is 23.5. The number of nitrogens with zero attached hydrogens (tertiary/aromatic N) is 1. The molecule has 1 unspecified atom stereocenters. The summed E-state index contributed by atoms with van der Waals surface area (Å²) >= 11 is 0. The van der Waals surface area contributed by atoms with Gasteiger partial charge in [-0.1, -0.05) is 6.92 Å². The number of hydrogen-bond donors (Lipinski definition) is 2. The van der Waals surface area contributed by atoms with Crippen LogP contribution in [0.25, 0.3) is 0 Å². The highest BCUT2D eigenvalue weighted by atomic mass is 31.2. The fraction of sp³-hybridized carbons (Fsp3) is 1.00. The molecule has 120 valence electrons. The van der Waals surface area contributed by atoms with Crippen LogP contribution in [0.1, 0.15) is 33.1 Å². The van der Waals surface area contributed by atoms with Gasteiger partial charge in [-0.2, -0.15) is 0 Å². The highest BCUT2D eigenvalue weighted by Gasteiger charge is 2.23. The predicted octanol–water partition coefficient (Wildman–Crippen LogP) is 1.94. The lowest BCUT2D eigenvalue weighted by Crippen LogP contribution is -2.33. The molecule has 0 bridgehead atoms. The molecule has 1 fully saturated rings. The highest BCUT2D eigenvalue weighted by Crippen LogP contribution is 2.46. The molecule has 1 aliphatic rings. The molecule has 0 aromatic heterocycles. The van der Waals surface area contributed by atoms with E-state index in [0.29, 0.717) is 19.1 Å². The molecule has 1 saturated heterocycles. The fourth-order valence-corrected chi connectivity index (χ4v) is 4.30. The molecular formula is C14H32N3O2P. The molecule has 0 saturated carbocycles. The molecule has 6 heteroatoms. The van der Waals surface area contributed by atoms with Crippen molar-refractivity contribution in [1.82, 2.24) is 15.5 Å². The number of nitrogens with one attached hydrogen (secondary N) is 2. The van der Waals surface area contributed by atoms with E-state index >= 15 is 0 Å². The molecule has 0 spiro atoms. The molecule has 0 amide bonds. The van der Waals surface area contributed by atoms with Crippen LogP contribution >= 0.6 is 7.37 Å². The summed E-state index contributed by atoms with van der Waals surface area (Å²) in [6.45, 7) is 10.7. The molecule has 1 atom stereocenters. The van der Waals surface area contributed by atoms with Crippen LogP contribution in [0.5, 0.6) is 0 Å². The van der Waals surface area contributed by atoms with E-state index in [1.807, 2.05) is 13.8 Å². The van der Waals surface area contributed by atoms with Gasteiger partial charge in [0.15, 0.2) is 0 Å². The van der Waals surface area contributed by atoms with Crippen LogP contribution in [-0.4, -0.2) is 63.2 Å². The van der Waals surface area contributed by atoms with Gasteiger partial charge in [-0.05, 0) is 65.5 Å². The molecule has 0 radical (unpaired) electrons. The Morgan fingerprint density at radius 2 is 1.55 bits per heavy atom. The van der Waals surface area contributed by atoms with Crippen LogP contribution in [0.4, 0.5) is 0 Å². The summed E-state index contributed by atoms with van der Waals surface area (Å²) in [6.07, 6.45) is 4.66. The van der Waals surface area contributed by atoms with Crippen molar-refractivity contribution in [3.63, 3.8) is 0 Å². The highest BCUT2D eigenvalue weighted by molar-refractivity contribution is 7.58. The van der Waals surface area contributed by atoms with Crippen molar-refractivity contribution >= 4 is 7.37 Å². The van der Waals surface area contributed by atoms with E-state index in [1.165, 1.54) is 6.42 Å². The lowest BCUT2D eigenvalue weighted by Gasteiger charge is -2.27. The van der Waals surface area contributed by atoms with Gasteiger partial charge in [-0.25, -0.2) is 0 Å². The van der Waals surface area contributed by atoms with E-state index in [4.69, 9.17) is 4.52 Å². The third-order valence-corrected chi connectivity index (χ3v) is 6.15. The van der Waals surface area contributed by atoms with Crippen molar-refractivity contribution in [2.24, 2.45) is 0 Å². The Labute approximate surface area is 124 Å². The molecule has 1 rings (SSSR count). The smallest absolute Gasteiger partial charge is 0.216 e. The van der Waals surface area contributed by atoms with E-state index in [9.17, 15) is 4.57 Å². The van der Waals surface area contributed by atoms with Crippen molar-refractivity contribution in [3.05, 3.63) is 0 Å². The SMILES string of the molecule is CCOP(=O)(CC)CN1CCCNCCCNCCC1. The van der Waals surface area contributed by atoms with Gasteiger partial charge < -0.3 is 15.2 Å². The third-order valence-electron chi connectivity index (χ3n) is 3.62. The molecule has 1 heterocycles. The zero-order valence-electron chi connectivity index (χ0n) is 13.2. The summed E-state index contributed by atoms with van der Waals surface area (Å²) in [6, 6.07) is 0. The van der Waals surface area contributed by atoms with Gasteiger partial charge in [0.1, 0.15) is 0 Å². The molecule has 0 aromatic carbocycles. The van der Waals surface area contributed by atoms with Gasteiger partial charge in [0.2, 0.25) is 7.37 Å². The van der Waals surface area contributed by atoms with Gasteiger partial charge >= 0.3 is 0 Å². The Balaban J connectivity index is 2.47. The lowest BCUT2D eigenvalue weighted by molar-refractivity contribution is 0.268. The van der Waals surface area contributed by atoms with Crippen LogP contribution in [0.2, 0.25) is 0 Å². The summed E-state index contributed by atoms with van der Waals surface area (Å²) < 4.78 is 18.2. The Hall–Kier alpha value is 0.0700. The Morgan fingerprint density at radius 1 is 1.00 bits per heavy atom. The van der Waals surface area contributed by atoms with Crippen LogP contribution in [0.3, 0.4) is 0 Å². The topological polar surface area (TPSA) is 53.6 Å². The number of rotatable bonds is 5. The summed E-state index contributed by atoms with van der Waals surface area (Å²) in [5.41, 5.74) is 0. The summed E-state index contributed by atoms with van der Waals surface area (Å²) in [5, 5.41) is 6.92. The average molecular weight is 305 g/mol.